The summed E-state index contributed by atoms with van der Waals surface area (Å²) in [6, 6.07) is 14.1. The Morgan fingerprint density at radius 1 is 1.17 bits per heavy atom. The molecule has 6 nitrogen and oxygen atoms in total. The van der Waals surface area contributed by atoms with Gasteiger partial charge in [-0.2, -0.15) is 0 Å². The Bertz CT molecular complexity index is 758. The second-order valence-electron chi connectivity index (χ2n) is 7.19. The number of guanidine groups is 1. The molecule has 2 aromatic rings. The van der Waals surface area contributed by atoms with E-state index < -0.39 is 10.8 Å². The fourth-order valence-electron chi connectivity index (χ4n) is 3.55. The molecular weight excluding hydrogens is 384 g/mol. The molecule has 1 aromatic heterocycles. The Morgan fingerprint density at radius 3 is 2.66 bits per heavy atom. The lowest BCUT2D eigenvalue weighted by Crippen LogP contribution is -2.40. The molecule has 3 rings (SSSR count). The molecule has 0 amide bonds. The van der Waals surface area contributed by atoms with Crippen LogP contribution in [0.15, 0.2) is 58.1 Å². The number of likely N-dealkylation sites (tertiary alicyclic amines) is 1. The van der Waals surface area contributed by atoms with Crippen LogP contribution in [0.4, 0.5) is 0 Å². The van der Waals surface area contributed by atoms with Crippen LogP contribution in [0, 0.1) is 0 Å². The molecule has 1 aliphatic heterocycles. The number of hydrogen-bond donors (Lipinski definition) is 2. The zero-order valence-electron chi connectivity index (χ0n) is 17.2. The van der Waals surface area contributed by atoms with Crippen LogP contribution >= 0.6 is 0 Å². The van der Waals surface area contributed by atoms with Gasteiger partial charge in [0.2, 0.25) is 0 Å². The Morgan fingerprint density at radius 2 is 1.97 bits per heavy atom. The lowest BCUT2D eigenvalue weighted by atomic mass is 10.2. The third-order valence-electron chi connectivity index (χ3n) is 5.01. The summed E-state index contributed by atoms with van der Waals surface area (Å²) in [5, 5.41) is 6.61. The van der Waals surface area contributed by atoms with Gasteiger partial charge in [-0.15, -0.1) is 0 Å². The largest absolute Gasteiger partial charge is 0.468 e. The van der Waals surface area contributed by atoms with Crippen molar-refractivity contribution in [2.75, 3.05) is 38.5 Å². The van der Waals surface area contributed by atoms with Crippen molar-refractivity contribution in [3.05, 3.63) is 60.1 Å². The Kier molecular flexibility index (Phi) is 8.77. The van der Waals surface area contributed by atoms with E-state index in [0.29, 0.717) is 24.6 Å². The molecule has 29 heavy (non-hydrogen) atoms. The number of nitrogens with one attached hydrogen (secondary N) is 2. The second-order valence-corrected chi connectivity index (χ2v) is 8.77. The molecule has 1 fully saturated rings. The average Bonchev–Trinajstić information content (AvgIpc) is 3.44. The molecule has 7 heteroatoms. The molecular formula is C22H32N4O2S. The van der Waals surface area contributed by atoms with Gasteiger partial charge in [-0.05, 0) is 50.6 Å². The van der Waals surface area contributed by atoms with Gasteiger partial charge < -0.3 is 15.1 Å². The van der Waals surface area contributed by atoms with Gasteiger partial charge in [-0.1, -0.05) is 30.3 Å². The zero-order chi connectivity index (χ0) is 20.3. The number of rotatable bonds is 10. The number of nitrogens with zero attached hydrogens (tertiary/aromatic N) is 2. The molecule has 2 unspecified atom stereocenters. The third kappa shape index (κ3) is 7.01. The van der Waals surface area contributed by atoms with Gasteiger partial charge in [0.05, 0.1) is 18.8 Å². The van der Waals surface area contributed by atoms with Crippen LogP contribution < -0.4 is 10.6 Å². The standard InChI is InChI=1S/C22H32N4O2S/c1-2-23-22(24-12-16-29(27)18-19-9-4-3-5-10-19)25-17-20(21-11-8-15-28-21)26-13-6-7-14-26/h3-5,8-11,15,20H,2,6-7,12-14,16-18H2,1H3,(H2,23,24,25). The lowest BCUT2D eigenvalue weighted by molar-refractivity contribution is 0.221. The van der Waals surface area contributed by atoms with E-state index in [-0.39, 0.29) is 6.04 Å². The summed E-state index contributed by atoms with van der Waals surface area (Å²) in [5.41, 5.74) is 1.11. The van der Waals surface area contributed by atoms with Crippen LogP contribution in [0.1, 0.15) is 37.1 Å². The van der Waals surface area contributed by atoms with E-state index in [1.807, 2.05) is 42.5 Å². The summed E-state index contributed by atoms with van der Waals surface area (Å²) in [5.74, 6) is 2.91. The highest BCUT2D eigenvalue weighted by Gasteiger charge is 2.25. The number of furan rings is 1. The van der Waals surface area contributed by atoms with Crippen molar-refractivity contribution in [3.63, 3.8) is 0 Å². The predicted octanol–water partition coefficient (Wildman–Crippen LogP) is 2.92. The summed E-state index contributed by atoms with van der Waals surface area (Å²) >= 11 is 0. The first-order chi connectivity index (χ1) is 14.3. The van der Waals surface area contributed by atoms with E-state index in [1.54, 1.807) is 6.26 Å². The topological polar surface area (TPSA) is 69.9 Å². The lowest BCUT2D eigenvalue weighted by Gasteiger charge is -2.24. The normalized spacial score (nSPS) is 17.2. The van der Waals surface area contributed by atoms with Crippen molar-refractivity contribution >= 4 is 16.8 Å². The highest BCUT2D eigenvalue weighted by Crippen LogP contribution is 2.25. The summed E-state index contributed by atoms with van der Waals surface area (Å²) in [6.45, 7) is 6.27. The molecule has 0 radical (unpaired) electrons. The molecule has 158 valence electrons. The SMILES string of the molecule is CCNC(=NCC(c1ccco1)N1CCCC1)NCCS(=O)Cc1ccccc1. The van der Waals surface area contributed by atoms with Crippen molar-refractivity contribution in [1.82, 2.24) is 15.5 Å². The highest BCUT2D eigenvalue weighted by molar-refractivity contribution is 7.84. The van der Waals surface area contributed by atoms with E-state index in [4.69, 9.17) is 9.41 Å². The van der Waals surface area contributed by atoms with Crippen LogP contribution in [0.5, 0.6) is 0 Å². The highest BCUT2D eigenvalue weighted by atomic mass is 32.2. The maximum Gasteiger partial charge on any atom is 0.191 e. The molecule has 2 heterocycles. The molecule has 0 aliphatic carbocycles. The molecule has 2 N–H and O–H groups in total. The molecule has 0 bridgehead atoms. The van der Waals surface area contributed by atoms with Crippen LogP contribution in [-0.2, 0) is 16.6 Å². The van der Waals surface area contributed by atoms with Crippen LogP contribution in [0.25, 0.3) is 0 Å². The van der Waals surface area contributed by atoms with Crippen molar-refractivity contribution < 1.29 is 8.63 Å². The van der Waals surface area contributed by atoms with E-state index in [0.717, 1.165) is 36.9 Å². The second kappa shape index (κ2) is 11.8. The molecule has 1 saturated heterocycles. The minimum atomic E-state index is -0.899. The zero-order valence-corrected chi connectivity index (χ0v) is 18.0. The van der Waals surface area contributed by atoms with E-state index in [1.165, 1.54) is 12.8 Å². The molecule has 0 saturated carbocycles. The van der Waals surface area contributed by atoms with Gasteiger partial charge in [-0.25, -0.2) is 0 Å². The van der Waals surface area contributed by atoms with E-state index in [9.17, 15) is 4.21 Å². The minimum absolute atomic E-state index is 0.162. The monoisotopic (exact) mass is 416 g/mol. The number of aliphatic imine (C=N–C) groups is 1. The van der Waals surface area contributed by atoms with Crippen LogP contribution in [-0.4, -0.2) is 53.5 Å². The van der Waals surface area contributed by atoms with Crippen LogP contribution in [0.2, 0.25) is 0 Å². The van der Waals surface area contributed by atoms with Crippen molar-refractivity contribution in [1.29, 1.82) is 0 Å². The molecule has 1 aromatic carbocycles. The van der Waals surface area contributed by atoms with E-state index in [2.05, 4.69) is 22.5 Å². The van der Waals surface area contributed by atoms with Crippen LogP contribution in [0.3, 0.4) is 0 Å². The van der Waals surface area contributed by atoms with Gasteiger partial charge in [0.25, 0.3) is 0 Å². The molecule has 1 aliphatic rings. The van der Waals surface area contributed by atoms with Gasteiger partial charge >= 0.3 is 0 Å². The summed E-state index contributed by atoms with van der Waals surface area (Å²) in [6.07, 6.45) is 4.19. The van der Waals surface area contributed by atoms with Gasteiger partial charge in [0, 0.05) is 35.4 Å². The average molecular weight is 417 g/mol. The maximum atomic E-state index is 12.3. The Balaban J connectivity index is 1.52. The predicted molar refractivity (Wildman–Crippen MR) is 119 cm³/mol. The summed E-state index contributed by atoms with van der Waals surface area (Å²) < 4.78 is 18.0. The first-order valence-electron chi connectivity index (χ1n) is 10.4. The fourth-order valence-corrected chi connectivity index (χ4v) is 4.59. The summed E-state index contributed by atoms with van der Waals surface area (Å²) in [4.78, 5) is 7.23. The molecule has 2 atom stereocenters. The van der Waals surface area contributed by atoms with Crippen molar-refractivity contribution in [2.45, 2.75) is 31.6 Å². The third-order valence-corrected chi connectivity index (χ3v) is 6.33. The smallest absolute Gasteiger partial charge is 0.191 e. The number of benzene rings is 1. The van der Waals surface area contributed by atoms with Gasteiger partial charge in [0.15, 0.2) is 5.96 Å². The Labute approximate surface area is 176 Å². The maximum absolute atomic E-state index is 12.3. The van der Waals surface area contributed by atoms with Crippen molar-refractivity contribution in [3.8, 4) is 0 Å². The van der Waals surface area contributed by atoms with E-state index >= 15 is 0 Å². The molecule has 0 spiro atoms. The van der Waals surface area contributed by atoms with Crippen molar-refractivity contribution in [2.24, 2.45) is 4.99 Å². The fraction of sp³-hybridized carbons (Fsp3) is 0.500. The minimum Gasteiger partial charge on any atom is -0.468 e. The first-order valence-corrected chi connectivity index (χ1v) is 11.9. The quantitative estimate of drug-likeness (QED) is 0.460. The number of hydrogen-bond acceptors (Lipinski definition) is 4. The van der Waals surface area contributed by atoms with Gasteiger partial charge in [0.1, 0.15) is 5.76 Å². The first kappa shape index (κ1) is 21.6. The summed E-state index contributed by atoms with van der Waals surface area (Å²) in [7, 11) is -0.899. The van der Waals surface area contributed by atoms with Gasteiger partial charge in [-0.3, -0.25) is 14.1 Å². The Hall–Kier alpha value is -2.12.